The van der Waals surface area contributed by atoms with E-state index in [-0.39, 0.29) is 11.3 Å². The van der Waals surface area contributed by atoms with E-state index in [9.17, 15) is 14.7 Å². The summed E-state index contributed by atoms with van der Waals surface area (Å²) in [5, 5.41) is 19.1. The fourth-order valence-electron chi connectivity index (χ4n) is 6.91. The maximum absolute atomic E-state index is 12.7. The summed E-state index contributed by atoms with van der Waals surface area (Å²) in [6.45, 7) is 11.5. The molecular formula is C36H70O4. The molecule has 0 fully saturated rings. The number of unbranched alkanes of at least 4 members (excludes halogenated alkanes) is 14. The van der Waals surface area contributed by atoms with Gasteiger partial charge in [0.1, 0.15) is 0 Å². The predicted octanol–water partition coefficient (Wildman–Crippen LogP) is 11.8. The van der Waals surface area contributed by atoms with Gasteiger partial charge in [-0.1, -0.05) is 163 Å². The first-order valence-corrected chi connectivity index (χ1v) is 17.7. The van der Waals surface area contributed by atoms with Gasteiger partial charge in [0.25, 0.3) is 0 Å². The maximum atomic E-state index is 12.7. The van der Waals surface area contributed by atoms with Crippen molar-refractivity contribution in [1.82, 2.24) is 0 Å². The average Bonchev–Trinajstić information content (AvgIpc) is 2.92. The lowest BCUT2D eigenvalue weighted by atomic mass is 9.63. The van der Waals surface area contributed by atoms with Crippen LogP contribution in [0.5, 0.6) is 0 Å². The SMILES string of the molecule is CCCCC(CC)CC(C)(CC(CC)CCCC)C(CCCCCCCCCCCCCCCC(=O)O)C(=O)O. The maximum Gasteiger partial charge on any atom is 0.307 e. The predicted molar refractivity (Wildman–Crippen MR) is 172 cm³/mol. The molecule has 4 heteroatoms. The quantitative estimate of drug-likeness (QED) is 0.0848. The van der Waals surface area contributed by atoms with Crippen molar-refractivity contribution in [3.05, 3.63) is 0 Å². The van der Waals surface area contributed by atoms with Gasteiger partial charge in [-0.3, -0.25) is 9.59 Å². The molecule has 3 atom stereocenters. The normalized spacial score (nSPS) is 15.4. The fourth-order valence-corrected chi connectivity index (χ4v) is 6.91. The molecule has 0 saturated heterocycles. The van der Waals surface area contributed by atoms with Crippen LogP contribution in [0.1, 0.15) is 195 Å². The van der Waals surface area contributed by atoms with Crippen molar-refractivity contribution in [2.24, 2.45) is 23.2 Å². The van der Waals surface area contributed by atoms with Crippen LogP contribution in [0.4, 0.5) is 0 Å². The van der Waals surface area contributed by atoms with E-state index in [0.717, 1.165) is 44.9 Å². The molecule has 0 aliphatic heterocycles. The Morgan fingerprint density at radius 3 is 1.25 bits per heavy atom. The van der Waals surface area contributed by atoms with E-state index in [1.807, 2.05) is 0 Å². The smallest absolute Gasteiger partial charge is 0.307 e. The molecule has 0 spiro atoms. The molecule has 2 N–H and O–H groups in total. The van der Waals surface area contributed by atoms with Gasteiger partial charge >= 0.3 is 11.9 Å². The summed E-state index contributed by atoms with van der Waals surface area (Å²) in [7, 11) is 0. The van der Waals surface area contributed by atoms with Crippen molar-refractivity contribution in [2.45, 2.75) is 195 Å². The topological polar surface area (TPSA) is 74.6 Å². The van der Waals surface area contributed by atoms with Crippen LogP contribution in [0.25, 0.3) is 0 Å². The largest absolute Gasteiger partial charge is 0.481 e. The molecule has 0 amide bonds. The Bertz CT molecular complexity index is 584. The molecule has 3 unspecified atom stereocenters. The highest BCUT2D eigenvalue weighted by Gasteiger charge is 2.41. The molecule has 0 rings (SSSR count). The number of hydrogen-bond donors (Lipinski definition) is 2. The van der Waals surface area contributed by atoms with E-state index in [1.165, 1.54) is 109 Å². The molecule has 0 aliphatic rings. The van der Waals surface area contributed by atoms with E-state index in [4.69, 9.17) is 5.11 Å². The monoisotopic (exact) mass is 567 g/mol. The number of aliphatic carboxylic acids is 2. The highest BCUT2D eigenvalue weighted by atomic mass is 16.4. The van der Waals surface area contributed by atoms with Gasteiger partial charge in [0, 0.05) is 6.42 Å². The third-order valence-corrected chi connectivity index (χ3v) is 9.62. The average molecular weight is 567 g/mol. The van der Waals surface area contributed by atoms with Crippen LogP contribution >= 0.6 is 0 Å². The third kappa shape index (κ3) is 19.9. The van der Waals surface area contributed by atoms with Crippen LogP contribution in [0, 0.1) is 23.2 Å². The molecule has 0 aromatic rings. The van der Waals surface area contributed by atoms with Crippen LogP contribution in [0.2, 0.25) is 0 Å². The summed E-state index contributed by atoms with van der Waals surface area (Å²) in [4.78, 5) is 23.2. The van der Waals surface area contributed by atoms with Gasteiger partial charge in [0.05, 0.1) is 5.92 Å². The minimum Gasteiger partial charge on any atom is -0.481 e. The van der Waals surface area contributed by atoms with Gasteiger partial charge in [-0.2, -0.15) is 0 Å². The number of carboxylic acids is 2. The van der Waals surface area contributed by atoms with E-state index >= 15 is 0 Å². The number of hydrogen-bond acceptors (Lipinski definition) is 2. The molecule has 0 bridgehead atoms. The highest BCUT2D eigenvalue weighted by molar-refractivity contribution is 5.71. The molecule has 40 heavy (non-hydrogen) atoms. The van der Waals surface area contributed by atoms with Gasteiger partial charge in [0.2, 0.25) is 0 Å². The molecule has 0 radical (unpaired) electrons. The lowest BCUT2D eigenvalue weighted by Gasteiger charge is -2.41. The zero-order chi connectivity index (χ0) is 30.1. The Morgan fingerprint density at radius 1 is 0.550 bits per heavy atom. The van der Waals surface area contributed by atoms with Crippen LogP contribution in [0.3, 0.4) is 0 Å². The van der Waals surface area contributed by atoms with Gasteiger partial charge in [-0.05, 0) is 42.9 Å². The summed E-state index contributed by atoms with van der Waals surface area (Å²) < 4.78 is 0. The zero-order valence-electron chi connectivity index (χ0n) is 27.6. The van der Waals surface area contributed by atoms with Crippen molar-refractivity contribution in [3.63, 3.8) is 0 Å². The minimum atomic E-state index is -0.675. The fraction of sp³-hybridized carbons (Fsp3) is 0.944. The Kier molecular flexibility index (Phi) is 25.0. The van der Waals surface area contributed by atoms with Crippen molar-refractivity contribution < 1.29 is 19.8 Å². The lowest BCUT2D eigenvalue weighted by molar-refractivity contribution is -0.148. The molecule has 0 aromatic heterocycles. The molecular weight excluding hydrogens is 496 g/mol. The third-order valence-electron chi connectivity index (χ3n) is 9.62. The standard InChI is InChI=1S/C36H70O4/c1-6-10-25-31(8-3)29-36(5,30-32(9-4)26-11-7-2)33(35(39)40)27-23-21-19-17-15-13-12-14-16-18-20-22-24-28-34(37)38/h31-33H,6-30H2,1-5H3,(H,37,38)(H,39,40). The molecule has 0 aliphatic carbocycles. The number of carboxylic acid groups (broad SMARTS) is 2. The van der Waals surface area contributed by atoms with Crippen LogP contribution in [0.15, 0.2) is 0 Å². The summed E-state index contributed by atoms with van der Waals surface area (Å²) in [6, 6.07) is 0. The van der Waals surface area contributed by atoms with Gasteiger partial charge in [-0.15, -0.1) is 0 Å². The van der Waals surface area contributed by atoms with Crippen molar-refractivity contribution in [3.8, 4) is 0 Å². The summed E-state index contributed by atoms with van der Waals surface area (Å²) in [5.74, 6) is -0.158. The molecule has 4 nitrogen and oxygen atoms in total. The number of carbonyl (C=O) groups is 2. The van der Waals surface area contributed by atoms with Crippen LogP contribution in [-0.4, -0.2) is 22.2 Å². The Morgan fingerprint density at radius 2 is 0.925 bits per heavy atom. The van der Waals surface area contributed by atoms with Crippen molar-refractivity contribution in [2.75, 3.05) is 0 Å². The van der Waals surface area contributed by atoms with Crippen LogP contribution in [-0.2, 0) is 9.59 Å². The second-order valence-electron chi connectivity index (χ2n) is 13.3. The van der Waals surface area contributed by atoms with E-state index in [0.29, 0.717) is 18.3 Å². The van der Waals surface area contributed by atoms with E-state index in [1.54, 1.807) is 0 Å². The molecule has 0 aromatic carbocycles. The first-order valence-electron chi connectivity index (χ1n) is 17.7. The number of rotatable bonds is 30. The molecule has 238 valence electrons. The Balaban J connectivity index is 4.57. The lowest BCUT2D eigenvalue weighted by Crippen LogP contribution is -2.37. The van der Waals surface area contributed by atoms with Crippen LogP contribution < -0.4 is 0 Å². The summed E-state index contributed by atoms with van der Waals surface area (Å²) >= 11 is 0. The first-order chi connectivity index (χ1) is 19.2. The second kappa shape index (κ2) is 25.6. The highest BCUT2D eigenvalue weighted by Crippen LogP contribution is 2.46. The zero-order valence-corrected chi connectivity index (χ0v) is 27.6. The summed E-state index contributed by atoms with van der Waals surface area (Å²) in [5.41, 5.74) is -0.106. The second-order valence-corrected chi connectivity index (χ2v) is 13.3. The van der Waals surface area contributed by atoms with Gasteiger partial charge in [-0.25, -0.2) is 0 Å². The minimum absolute atomic E-state index is 0.106. The molecule has 0 heterocycles. The van der Waals surface area contributed by atoms with Crippen molar-refractivity contribution in [1.29, 1.82) is 0 Å². The summed E-state index contributed by atoms with van der Waals surface area (Å²) in [6.07, 6.45) is 28.5. The van der Waals surface area contributed by atoms with Gasteiger partial charge < -0.3 is 10.2 Å². The Hall–Kier alpha value is -1.06. The van der Waals surface area contributed by atoms with E-state index in [2.05, 4.69) is 34.6 Å². The first kappa shape index (κ1) is 38.9. The Labute approximate surface area is 249 Å². The van der Waals surface area contributed by atoms with Crippen molar-refractivity contribution >= 4 is 11.9 Å². The van der Waals surface area contributed by atoms with E-state index < -0.39 is 11.9 Å². The van der Waals surface area contributed by atoms with Gasteiger partial charge in [0.15, 0.2) is 0 Å². The molecule has 0 saturated carbocycles.